The summed E-state index contributed by atoms with van der Waals surface area (Å²) in [5.74, 6) is -1.14. The molecule has 2 heterocycles. The minimum absolute atomic E-state index is 0.0725. The van der Waals surface area contributed by atoms with Gasteiger partial charge in [0.05, 0.1) is 11.3 Å². The Kier molecular flexibility index (Phi) is 4.15. The highest BCUT2D eigenvalue weighted by Gasteiger charge is 2.47. The maximum absolute atomic E-state index is 14.3. The van der Waals surface area contributed by atoms with E-state index in [1.165, 1.54) is 30.6 Å². The molecule has 28 heavy (non-hydrogen) atoms. The van der Waals surface area contributed by atoms with Gasteiger partial charge in [0.2, 0.25) is 5.56 Å². The zero-order valence-electron chi connectivity index (χ0n) is 15.0. The van der Waals surface area contributed by atoms with Crippen LogP contribution in [0, 0.1) is 12.7 Å². The van der Waals surface area contributed by atoms with E-state index in [2.05, 4.69) is 15.3 Å². The minimum atomic E-state index is -1.30. The molecule has 6 nitrogen and oxygen atoms in total. The van der Waals surface area contributed by atoms with Crippen LogP contribution < -0.4 is 10.9 Å². The number of nitrogens with zero attached hydrogens (tertiary/aromatic N) is 1. The Hall–Kier alpha value is -3.61. The van der Waals surface area contributed by atoms with Gasteiger partial charge in [0, 0.05) is 30.4 Å². The average molecular weight is 377 g/mol. The number of benzene rings is 1. The first-order chi connectivity index (χ1) is 13.4. The Labute approximate surface area is 159 Å². The Morgan fingerprint density at radius 2 is 2.04 bits per heavy atom. The molecule has 1 aliphatic carbocycles. The highest BCUT2D eigenvalue weighted by Crippen LogP contribution is 2.41. The summed E-state index contributed by atoms with van der Waals surface area (Å²) < 4.78 is 14.3. The molecule has 0 spiro atoms. The first-order valence-corrected chi connectivity index (χ1v) is 8.67. The van der Waals surface area contributed by atoms with Crippen molar-refractivity contribution < 1.29 is 14.0 Å². The maximum atomic E-state index is 14.3. The Morgan fingerprint density at radius 3 is 2.75 bits per heavy atom. The van der Waals surface area contributed by atoms with E-state index in [-0.39, 0.29) is 23.3 Å². The number of hydrogen-bond acceptors (Lipinski definition) is 4. The number of pyridine rings is 2. The lowest BCUT2D eigenvalue weighted by Crippen LogP contribution is -2.46. The van der Waals surface area contributed by atoms with Crippen LogP contribution in [0.4, 0.5) is 4.39 Å². The van der Waals surface area contributed by atoms with Crippen molar-refractivity contribution in [1.29, 1.82) is 0 Å². The fourth-order valence-electron chi connectivity index (χ4n) is 3.48. The lowest BCUT2D eigenvalue weighted by Gasteiger charge is -2.31. The van der Waals surface area contributed by atoms with Gasteiger partial charge in [0.15, 0.2) is 5.78 Å². The van der Waals surface area contributed by atoms with Gasteiger partial charge in [0.25, 0.3) is 5.91 Å². The fraction of sp³-hybridized carbons (Fsp3) is 0.143. The number of aryl methyl sites for hydroxylation is 1. The van der Waals surface area contributed by atoms with E-state index in [0.29, 0.717) is 22.4 Å². The second kappa shape index (κ2) is 6.53. The van der Waals surface area contributed by atoms with Crippen molar-refractivity contribution in [2.24, 2.45) is 0 Å². The molecule has 4 rings (SSSR count). The molecule has 0 saturated heterocycles. The van der Waals surface area contributed by atoms with E-state index in [1.807, 2.05) is 0 Å². The van der Waals surface area contributed by atoms with E-state index >= 15 is 0 Å². The quantitative estimate of drug-likeness (QED) is 0.734. The number of hydrogen-bond donors (Lipinski definition) is 2. The zero-order valence-corrected chi connectivity index (χ0v) is 15.0. The largest absolute Gasteiger partial charge is 0.336 e. The molecular weight excluding hydrogens is 361 g/mol. The van der Waals surface area contributed by atoms with E-state index in [0.717, 1.165) is 0 Å². The number of rotatable bonds is 3. The molecular formula is C21H16FN3O3. The topological polar surface area (TPSA) is 91.9 Å². The number of halogens is 1. The van der Waals surface area contributed by atoms with Crippen molar-refractivity contribution in [3.8, 4) is 0 Å². The van der Waals surface area contributed by atoms with Crippen molar-refractivity contribution in [3.63, 3.8) is 0 Å². The van der Waals surface area contributed by atoms with E-state index in [1.54, 1.807) is 31.2 Å². The Bertz CT molecular complexity index is 1150. The average Bonchev–Trinajstić information content (AvgIpc) is 2.97. The van der Waals surface area contributed by atoms with Crippen molar-refractivity contribution in [2.45, 2.75) is 18.9 Å². The number of aromatic nitrogens is 2. The summed E-state index contributed by atoms with van der Waals surface area (Å²) in [6, 6.07) is 10.5. The van der Waals surface area contributed by atoms with Gasteiger partial charge in [-0.05, 0) is 42.3 Å². The fourth-order valence-corrected chi connectivity index (χ4v) is 3.48. The molecule has 0 bridgehead atoms. The van der Waals surface area contributed by atoms with Crippen LogP contribution in [0.15, 0.2) is 59.7 Å². The van der Waals surface area contributed by atoms with Crippen LogP contribution in [-0.4, -0.2) is 21.7 Å². The second-order valence-electron chi connectivity index (χ2n) is 6.76. The van der Waals surface area contributed by atoms with Crippen molar-refractivity contribution >= 4 is 11.7 Å². The van der Waals surface area contributed by atoms with E-state index in [9.17, 15) is 18.8 Å². The monoisotopic (exact) mass is 377 g/mol. The molecule has 1 aromatic carbocycles. The molecule has 3 aromatic rings. The third kappa shape index (κ3) is 2.81. The van der Waals surface area contributed by atoms with Gasteiger partial charge in [-0.1, -0.05) is 12.1 Å². The van der Waals surface area contributed by atoms with E-state index < -0.39 is 17.3 Å². The first-order valence-electron chi connectivity index (χ1n) is 8.67. The number of nitrogens with one attached hydrogen (secondary N) is 2. The summed E-state index contributed by atoms with van der Waals surface area (Å²) in [6.45, 7) is 1.64. The van der Waals surface area contributed by atoms with Gasteiger partial charge in [-0.15, -0.1) is 0 Å². The Balaban J connectivity index is 1.87. The molecule has 0 saturated carbocycles. The number of aromatic amines is 1. The van der Waals surface area contributed by atoms with Crippen molar-refractivity contribution in [1.82, 2.24) is 15.3 Å². The summed E-state index contributed by atoms with van der Waals surface area (Å²) >= 11 is 0. The van der Waals surface area contributed by atoms with Gasteiger partial charge in [-0.2, -0.15) is 0 Å². The molecule has 0 aliphatic heterocycles. The molecule has 1 aliphatic rings. The standard InChI is InChI=1S/C21H16FN3O3/c1-12-4-6-14(9-16(12)22)21(10-17(26)15-3-2-8-23-19(15)21)25-20(28)13-5-7-18(27)24-11-13/h2-9,11H,10H2,1H3,(H,24,27)(H,25,28)/t21-/m0/s1. The van der Waals surface area contributed by atoms with Gasteiger partial charge in [-0.3, -0.25) is 19.4 Å². The van der Waals surface area contributed by atoms with Crippen molar-refractivity contribution in [2.75, 3.05) is 0 Å². The van der Waals surface area contributed by atoms with Crippen LogP contribution >= 0.6 is 0 Å². The van der Waals surface area contributed by atoms with Crippen LogP contribution in [0.1, 0.15) is 44.0 Å². The molecule has 2 N–H and O–H groups in total. The highest BCUT2D eigenvalue weighted by atomic mass is 19.1. The third-order valence-electron chi connectivity index (χ3n) is 4.98. The molecule has 0 radical (unpaired) electrons. The van der Waals surface area contributed by atoms with Crippen LogP contribution in [0.5, 0.6) is 0 Å². The van der Waals surface area contributed by atoms with E-state index in [4.69, 9.17) is 0 Å². The molecule has 0 fully saturated rings. The summed E-state index contributed by atoms with van der Waals surface area (Å²) in [5.41, 5.74) is 0.232. The number of carbonyl (C=O) groups excluding carboxylic acids is 2. The first kappa shape index (κ1) is 17.8. The smallest absolute Gasteiger partial charge is 0.253 e. The number of H-pyrrole nitrogens is 1. The maximum Gasteiger partial charge on any atom is 0.253 e. The lowest BCUT2D eigenvalue weighted by atomic mass is 9.86. The summed E-state index contributed by atoms with van der Waals surface area (Å²) in [4.78, 5) is 43.6. The Morgan fingerprint density at radius 1 is 1.21 bits per heavy atom. The second-order valence-corrected chi connectivity index (χ2v) is 6.76. The molecule has 7 heteroatoms. The molecule has 0 unspecified atom stereocenters. The van der Waals surface area contributed by atoms with Gasteiger partial charge >= 0.3 is 0 Å². The summed E-state index contributed by atoms with van der Waals surface area (Å²) in [7, 11) is 0. The normalized spacial score (nSPS) is 18.0. The van der Waals surface area contributed by atoms with Crippen LogP contribution in [0.25, 0.3) is 0 Å². The number of ketones is 1. The number of amides is 1. The van der Waals surface area contributed by atoms with Crippen LogP contribution in [-0.2, 0) is 5.54 Å². The number of Topliss-reactive ketones (excluding diaryl/α,β-unsaturated/α-hetero) is 1. The summed E-state index contributed by atoms with van der Waals surface area (Å²) in [5, 5.41) is 2.87. The summed E-state index contributed by atoms with van der Waals surface area (Å²) in [6.07, 6.45) is 2.75. The molecule has 140 valence electrons. The minimum Gasteiger partial charge on any atom is -0.336 e. The van der Waals surface area contributed by atoms with Crippen LogP contribution in [0.3, 0.4) is 0 Å². The zero-order chi connectivity index (χ0) is 19.9. The molecule has 2 aromatic heterocycles. The number of fused-ring (bicyclic) bond motifs is 1. The number of carbonyl (C=O) groups is 2. The predicted octanol–water partition coefficient (Wildman–Crippen LogP) is 2.48. The highest BCUT2D eigenvalue weighted by molar-refractivity contribution is 6.04. The van der Waals surface area contributed by atoms with Gasteiger partial charge in [-0.25, -0.2) is 4.39 Å². The molecule has 1 amide bonds. The van der Waals surface area contributed by atoms with Gasteiger partial charge in [0.1, 0.15) is 11.4 Å². The SMILES string of the molecule is Cc1ccc([C@@]2(NC(=O)c3ccc(=O)[nH]c3)CC(=O)c3cccnc32)cc1F. The lowest BCUT2D eigenvalue weighted by molar-refractivity contribution is 0.0893. The predicted molar refractivity (Wildman–Crippen MR) is 99.6 cm³/mol. The van der Waals surface area contributed by atoms with Gasteiger partial charge < -0.3 is 10.3 Å². The molecule has 1 atom stereocenters. The third-order valence-corrected chi connectivity index (χ3v) is 4.98. The van der Waals surface area contributed by atoms with Crippen molar-refractivity contribution in [3.05, 3.63) is 99.0 Å². The van der Waals surface area contributed by atoms with Crippen LogP contribution in [0.2, 0.25) is 0 Å².